The van der Waals surface area contributed by atoms with Crippen molar-refractivity contribution in [2.24, 2.45) is 5.92 Å². The zero-order valence-corrected chi connectivity index (χ0v) is 12.3. The highest BCUT2D eigenvalue weighted by molar-refractivity contribution is 7.12. The third-order valence-corrected chi connectivity index (χ3v) is 4.65. The first-order valence-electron chi connectivity index (χ1n) is 6.87. The molecule has 2 aromatic heterocycles. The molecule has 1 atom stereocenters. The van der Waals surface area contributed by atoms with Gasteiger partial charge in [-0.2, -0.15) is 0 Å². The van der Waals surface area contributed by atoms with Gasteiger partial charge in [-0.15, -0.1) is 11.3 Å². The summed E-state index contributed by atoms with van der Waals surface area (Å²) in [6.07, 6.45) is 4.73. The van der Waals surface area contributed by atoms with Crippen LogP contribution in [0.3, 0.4) is 0 Å². The first-order valence-corrected chi connectivity index (χ1v) is 7.75. The lowest BCUT2D eigenvalue weighted by molar-refractivity contribution is -0.138. The van der Waals surface area contributed by atoms with E-state index >= 15 is 0 Å². The molecule has 1 N–H and O–H groups in total. The molecule has 110 valence electrons. The molecule has 0 radical (unpaired) electrons. The second-order valence-corrected chi connectivity index (χ2v) is 6.15. The molecule has 2 aromatic rings. The summed E-state index contributed by atoms with van der Waals surface area (Å²) in [5.74, 6) is -0.721. The molecule has 0 bridgehead atoms. The second-order valence-electron chi connectivity index (χ2n) is 5.23. The summed E-state index contributed by atoms with van der Waals surface area (Å²) in [6.45, 7) is 1.17. The molecule has 3 heterocycles. The average molecular weight is 304 g/mol. The zero-order valence-electron chi connectivity index (χ0n) is 11.4. The summed E-state index contributed by atoms with van der Waals surface area (Å²) in [4.78, 5) is 25.9. The van der Waals surface area contributed by atoms with Gasteiger partial charge in [0.2, 0.25) is 0 Å². The predicted molar refractivity (Wildman–Crippen MR) is 79.9 cm³/mol. The molecule has 1 aliphatic rings. The third-order valence-electron chi connectivity index (χ3n) is 3.76. The van der Waals surface area contributed by atoms with Crippen molar-refractivity contribution < 1.29 is 14.7 Å². The fraction of sp³-hybridized carbons (Fsp3) is 0.333. The molecule has 1 saturated heterocycles. The van der Waals surface area contributed by atoms with Crippen molar-refractivity contribution in [3.8, 4) is 5.69 Å². The number of carbonyl (C=O) groups excluding carboxylic acids is 1. The number of thiophene rings is 1. The first kappa shape index (κ1) is 13.9. The van der Waals surface area contributed by atoms with Crippen molar-refractivity contribution in [1.82, 2.24) is 9.47 Å². The summed E-state index contributed by atoms with van der Waals surface area (Å²) in [6, 6.07) is 5.78. The summed E-state index contributed by atoms with van der Waals surface area (Å²) in [7, 11) is 0. The van der Waals surface area contributed by atoms with Gasteiger partial charge < -0.3 is 14.6 Å². The van der Waals surface area contributed by atoms with Gasteiger partial charge in [0.1, 0.15) is 4.88 Å². The van der Waals surface area contributed by atoms with Crippen LogP contribution in [0.1, 0.15) is 22.5 Å². The molecule has 21 heavy (non-hydrogen) atoms. The lowest BCUT2D eigenvalue weighted by atomic mass is 10.1. The fourth-order valence-corrected chi connectivity index (χ4v) is 3.59. The van der Waals surface area contributed by atoms with Crippen molar-refractivity contribution in [3.05, 3.63) is 40.8 Å². The highest BCUT2D eigenvalue weighted by atomic mass is 32.1. The van der Waals surface area contributed by atoms with Crippen LogP contribution < -0.4 is 0 Å². The lowest BCUT2D eigenvalue weighted by Gasteiger charge is -2.16. The minimum absolute atomic E-state index is 0.00147. The van der Waals surface area contributed by atoms with E-state index in [4.69, 9.17) is 5.11 Å². The molecular weight excluding hydrogens is 288 g/mol. The van der Waals surface area contributed by atoms with E-state index in [1.54, 1.807) is 4.90 Å². The van der Waals surface area contributed by atoms with Crippen molar-refractivity contribution in [1.29, 1.82) is 0 Å². The standard InChI is InChI=1S/C15H16N2O3S/c18-13(19)9-11-3-7-17(10-11)15(20)14-12(4-8-21-14)16-5-1-2-6-16/h1-2,4-6,8,11H,3,7,9-10H2,(H,18,19). The van der Waals surface area contributed by atoms with Crippen LogP contribution in [0.2, 0.25) is 0 Å². The van der Waals surface area contributed by atoms with E-state index in [1.807, 2.05) is 40.5 Å². The second kappa shape index (κ2) is 5.73. The summed E-state index contributed by atoms with van der Waals surface area (Å²) < 4.78 is 1.93. The molecule has 0 aliphatic carbocycles. The molecular formula is C15H16N2O3S. The zero-order chi connectivity index (χ0) is 14.8. The van der Waals surface area contributed by atoms with Crippen LogP contribution in [-0.4, -0.2) is 39.5 Å². The molecule has 1 amide bonds. The highest BCUT2D eigenvalue weighted by Gasteiger charge is 2.30. The van der Waals surface area contributed by atoms with Gasteiger partial charge in [0.05, 0.1) is 5.69 Å². The van der Waals surface area contributed by atoms with Gasteiger partial charge in [-0.3, -0.25) is 9.59 Å². The van der Waals surface area contributed by atoms with Crippen molar-refractivity contribution in [2.45, 2.75) is 12.8 Å². The minimum Gasteiger partial charge on any atom is -0.481 e. The number of nitrogens with zero attached hydrogens (tertiary/aromatic N) is 2. The first-order chi connectivity index (χ1) is 10.1. The number of carbonyl (C=O) groups is 2. The lowest BCUT2D eigenvalue weighted by Crippen LogP contribution is -2.29. The number of carboxylic acid groups (broad SMARTS) is 1. The Balaban J connectivity index is 1.75. The van der Waals surface area contributed by atoms with Gasteiger partial charge in [0.15, 0.2) is 0 Å². The Hall–Kier alpha value is -2.08. The van der Waals surface area contributed by atoms with Crippen molar-refractivity contribution in [2.75, 3.05) is 13.1 Å². The Labute approximate surface area is 126 Å². The number of aromatic nitrogens is 1. The van der Waals surface area contributed by atoms with Gasteiger partial charge in [0, 0.05) is 31.9 Å². The molecule has 0 spiro atoms. The van der Waals surface area contributed by atoms with Crippen molar-refractivity contribution in [3.63, 3.8) is 0 Å². The largest absolute Gasteiger partial charge is 0.481 e. The molecule has 5 nitrogen and oxygen atoms in total. The van der Waals surface area contributed by atoms with Crippen molar-refractivity contribution >= 4 is 23.2 Å². The van der Waals surface area contributed by atoms with E-state index in [9.17, 15) is 9.59 Å². The molecule has 1 unspecified atom stereocenters. The van der Waals surface area contributed by atoms with E-state index < -0.39 is 5.97 Å². The van der Waals surface area contributed by atoms with Crippen LogP contribution in [0, 0.1) is 5.92 Å². The maximum atomic E-state index is 12.6. The van der Waals surface area contributed by atoms with Gasteiger partial charge >= 0.3 is 5.97 Å². The maximum Gasteiger partial charge on any atom is 0.303 e. The fourth-order valence-electron chi connectivity index (χ4n) is 2.74. The molecule has 0 aromatic carbocycles. The normalized spacial score (nSPS) is 18.1. The van der Waals surface area contributed by atoms with Gasteiger partial charge in [-0.1, -0.05) is 0 Å². The van der Waals surface area contributed by atoms with Crippen LogP contribution in [0.15, 0.2) is 36.0 Å². The SMILES string of the molecule is O=C(O)CC1CCN(C(=O)c2sccc2-n2cccc2)C1. The third kappa shape index (κ3) is 2.85. The van der Waals surface area contributed by atoms with Gasteiger partial charge in [0.25, 0.3) is 5.91 Å². The summed E-state index contributed by atoms with van der Waals surface area (Å²) >= 11 is 1.43. The van der Waals surface area contributed by atoms with Gasteiger partial charge in [-0.05, 0) is 35.9 Å². The topological polar surface area (TPSA) is 62.5 Å². The number of hydrogen-bond acceptors (Lipinski definition) is 3. The number of likely N-dealkylation sites (tertiary alicyclic amines) is 1. The van der Waals surface area contributed by atoms with Crippen LogP contribution >= 0.6 is 11.3 Å². The maximum absolute atomic E-state index is 12.6. The Morgan fingerprint density at radius 1 is 1.33 bits per heavy atom. The minimum atomic E-state index is -0.793. The number of carboxylic acids is 1. The molecule has 1 fully saturated rings. The van der Waals surface area contributed by atoms with E-state index in [1.165, 1.54) is 11.3 Å². The Morgan fingerprint density at radius 3 is 2.81 bits per heavy atom. The summed E-state index contributed by atoms with van der Waals surface area (Å²) in [5.41, 5.74) is 0.886. The smallest absolute Gasteiger partial charge is 0.303 e. The Morgan fingerprint density at radius 2 is 2.10 bits per heavy atom. The van der Waals surface area contributed by atoms with Crippen LogP contribution in [0.25, 0.3) is 5.69 Å². The van der Waals surface area contributed by atoms with Gasteiger partial charge in [-0.25, -0.2) is 0 Å². The van der Waals surface area contributed by atoms with Crippen LogP contribution in [0.4, 0.5) is 0 Å². The monoisotopic (exact) mass is 304 g/mol. The summed E-state index contributed by atoms with van der Waals surface area (Å²) in [5, 5.41) is 10.8. The van der Waals surface area contributed by atoms with E-state index in [-0.39, 0.29) is 18.2 Å². The number of hydrogen-bond donors (Lipinski definition) is 1. The number of amides is 1. The molecule has 0 saturated carbocycles. The quantitative estimate of drug-likeness (QED) is 0.944. The number of aliphatic carboxylic acids is 1. The van der Waals surface area contributed by atoms with E-state index in [0.717, 1.165) is 12.1 Å². The number of rotatable bonds is 4. The predicted octanol–water partition coefficient (Wildman–Crippen LogP) is 2.48. The van der Waals surface area contributed by atoms with Crippen LogP contribution in [-0.2, 0) is 4.79 Å². The molecule has 1 aliphatic heterocycles. The van der Waals surface area contributed by atoms with E-state index in [2.05, 4.69) is 0 Å². The Kier molecular flexibility index (Phi) is 3.79. The molecule has 6 heteroatoms. The van der Waals surface area contributed by atoms with Crippen LogP contribution in [0.5, 0.6) is 0 Å². The van der Waals surface area contributed by atoms with E-state index in [0.29, 0.717) is 18.0 Å². The Bertz CT molecular complexity index is 648. The average Bonchev–Trinajstić information content (AvgIpc) is 3.18. The highest BCUT2D eigenvalue weighted by Crippen LogP contribution is 2.27. The molecule has 3 rings (SSSR count).